The number of carbonyl (C=O) groups excluding carboxylic acids is 1. The number of carbonyl (C=O) groups is 1. The van der Waals surface area contributed by atoms with Crippen molar-refractivity contribution in [2.45, 2.75) is 0 Å². The number of H-pyrrole nitrogens is 1. The first-order valence-corrected chi connectivity index (χ1v) is 4.42. The van der Waals surface area contributed by atoms with Crippen molar-refractivity contribution in [3.8, 4) is 0 Å². The predicted molar refractivity (Wildman–Crippen MR) is 53.6 cm³/mol. The van der Waals surface area contributed by atoms with Gasteiger partial charge in [0.05, 0.1) is 5.02 Å². The van der Waals surface area contributed by atoms with Crippen LogP contribution >= 0.6 is 11.6 Å². The van der Waals surface area contributed by atoms with Crippen molar-refractivity contribution in [1.82, 2.24) is 20.2 Å². The molecular formula is C8H6ClN5O. The number of nitrogens with one attached hydrogen (secondary N) is 2. The molecule has 76 valence electrons. The zero-order valence-electron chi connectivity index (χ0n) is 7.44. The van der Waals surface area contributed by atoms with Crippen LogP contribution in [-0.2, 0) is 0 Å². The topological polar surface area (TPSA) is 83.6 Å². The second-order valence-corrected chi connectivity index (χ2v) is 3.03. The standard InChI is InChI=1S/C8H6ClN5O/c9-5-2-1-3-10-6(5)13-8(15)7-11-4-12-14-7/h1-4H,(H,10,13,15)(H,11,12,14). The van der Waals surface area contributed by atoms with Crippen molar-refractivity contribution in [2.75, 3.05) is 5.32 Å². The van der Waals surface area contributed by atoms with Crippen molar-refractivity contribution >= 4 is 23.3 Å². The maximum absolute atomic E-state index is 11.5. The van der Waals surface area contributed by atoms with Crippen molar-refractivity contribution in [3.63, 3.8) is 0 Å². The third-order valence-corrected chi connectivity index (χ3v) is 1.93. The fraction of sp³-hybridized carbons (Fsp3) is 0. The smallest absolute Gasteiger partial charge is 0.294 e. The number of pyridine rings is 1. The Labute approximate surface area is 89.7 Å². The summed E-state index contributed by atoms with van der Waals surface area (Å²) in [6, 6.07) is 3.30. The summed E-state index contributed by atoms with van der Waals surface area (Å²) < 4.78 is 0. The van der Waals surface area contributed by atoms with E-state index in [1.54, 1.807) is 12.1 Å². The normalized spacial score (nSPS) is 9.93. The fourth-order valence-electron chi connectivity index (χ4n) is 0.959. The number of amides is 1. The van der Waals surface area contributed by atoms with Crippen LogP contribution in [0.15, 0.2) is 24.7 Å². The van der Waals surface area contributed by atoms with Gasteiger partial charge < -0.3 is 5.32 Å². The maximum atomic E-state index is 11.5. The van der Waals surface area contributed by atoms with Crippen LogP contribution in [0.2, 0.25) is 5.02 Å². The number of aromatic amines is 1. The van der Waals surface area contributed by atoms with Gasteiger partial charge in [-0.1, -0.05) is 11.6 Å². The minimum absolute atomic E-state index is 0.108. The van der Waals surface area contributed by atoms with Crippen molar-refractivity contribution in [2.24, 2.45) is 0 Å². The van der Waals surface area contributed by atoms with Gasteiger partial charge in [-0.25, -0.2) is 9.97 Å². The van der Waals surface area contributed by atoms with Gasteiger partial charge in [-0.05, 0) is 12.1 Å². The molecule has 0 radical (unpaired) electrons. The first-order valence-electron chi connectivity index (χ1n) is 4.04. The zero-order valence-corrected chi connectivity index (χ0v) is 8.19. The summed E-state index contributed by atoms with van der Waals surface area (Å²) in [4.78, 5) is 19.1. The van der Waals surface area contributed by atoms with E-state index in [2.05, 4.69) is 25.5 Å². The number of halogens is 1. The summed E-state index contributed by atoms with van der Waals surface area (Å²) in [7, 11) is 0. The molecule has 7 heteroatoms. The molecule has 2 rings (SSSR count). The summed E-state index contributed by atoms with van der Waals surface area (Å²) >= 11 is 5.81. The molecule has 0 saturated carbocycles. The predicted octanol–water partition coefficient (Wildman–Crippen LogP) is 1.11. The van der Waals surface area contributed by atoms with Gasteiger partial charge in [-0.3, -0.25) is 9.89 Å². The monoisotopic (exact) mass is 223 g/mol. The minimum Gasteiger partial charge on any atom is -0.303 e. The molecule has 0 unspecified atom stereocenters. The molecule has 0 atom stereocenters. The lowest BCUT2D eigenvalue weighted by Gasteiger charge is -2.02. The number of hydrogen-bond acceptors (Lipinski definition) is 4. The summed E-state index contributed by atoms with van der Waals surface area (Å²) in [6.07, 6.45) is 2.77. The molecule has 6 nitrogen and oxygen atoms in total. The molecule has 0 aliphatic rings. The van der Waals surface area contributed by atoms with E-state index in [1.165, 1.54) is 12.5 Å². The van der Waals surface area contributed by atoms with Gasteiger partial charge in [-0.2, -0.15) is 5.10 Å². The quantitative estimate of drug-likeness (QED) is 0.799. The molecule has 0 aliphatic carbocycles. The molecule has 0 aromatic carbocycles. The molecule has 0 bridgehead atoms. The van der Waals surface area contributed by atoms with Gasteiger partial charge >= 0.3 is 0 Å². The third-order valence-electron chi connectivity index (χ3n) is 1.62. The van der Waals surface area contributed by atoms with E-state index in [9.17, 15) is 4.79 Å². The zero-order chi connectivity index (χ0) is 10.7. The van der Waals surface area contributed by atoms with Crippen LogP contribution in [0.4, 0.5) is 5.82 Å². The lowest BCUT2D eigenvalue weighted by Crippen LogP contribution is -2.14. The van der Waals surface area contributed by atoms with E-state index >= 15 is 0 Å². The minimum atomic E-state index is -0.437. The largest absolute Gasteiger partial charge is 0.303 e. The van der Waals surface area contributed by atoms with Crippen molar-refractivity contribution in [3.05, 3.63) is 35.5 Å². The first-order chi connectivity index (χ1) is 7.27. The highest BCUT2D eigenvalue weighted by molar-refractivity contribution is 6.33. The van der Waals surface area contributed by atoms with Crippen LogP contribution in [-0.4, -0.2) is 26.1 Å². The van der Waals surface area contributed by atoms with Gasteiger partial charge in [-0.15, -0.1) is 0 Å². The first kappa shape index (κ1) is 9.60. The highest BCUT2D eigenvalue weighted by Crippen LogP contribution is 2.17. The summed E-state index contributed by atoms with van der Waals surface area (Å²) in [5.41, 5.74) is 0. The molecule has 1 amide bonds. The Hall–Kier alpha value is -1.95. The highest BCUT2D eigenvalue weighted by atomic mass is 35.5. The van der Waals surface area contributed by atoms with Crippen LogP contribution in [0.5, 0.6) is 0 Å². The van der Waals surface area contributed by atoms with E-state index in [-0.39, 0.29) is 5.82 Å². The Kier molecular flexibility index (Phi) is 2.59. The van der Waals surface area contributed by atoms with Crippen LogP contribution < -0.4 is 5.32 Å². The summed E-state index contributed by atoms with van der Waals surface area (Å²) in [5.74, 6) is -0.0367. The fourth-order valence-corrected chi connectivity index (χ4v) is 1.13. The van der Waals surface area contributed by atoms with Crippen LogP contribution in [0.1, 0.15) is 10.6 Å². The van der Waals surface area contributed by atoms with E-state index in [1.807, 2.05) is 0 Å². The van der Waals surface area contributed by atoms with Gasteiger partial charge in [0.25, 0.3) is 5.91 Å². The van der Waals surface area contributed by atoms with Crippen molar-refractivity contribution in [1.29, 1.82) is 0 Å². The number of rotatable bonds is 2. The maximum Gasteiger partial charge on any atom is 0.294 e. The number of hydrogen-bond donors (Lipinski definition) is 2. The molecule has 0 spiro atoms. The molecule has 2 aromatic rings. The highest BCUT2D eigenvalue weighted by Gasteiger charge is 2.10. The average molecular weight is 224 g/mol. The van der Waals surface area contributed by atoms with Gasteiger partial charge in [0.1, 0.15) is 6.33 Å². The molecular weight excluding hydrogens is 218 g/mol. The van der Waals surface area contributed by atoms with E-state index in [0.717, 1.165) is 0 Å². The third kappa shape index (κ3) is 2.10. The van der Waals surface area contributed by atoms with E-state index in [4.69, 9.17) is 11.6 Å². The Morgan fingerprint density at radius 1 is 1.47 bits per heavy atom. The van der Waals surface area contributed by atoms with Gasteiger partial charge in [0.15, 0.2) is 5.82 Å². The Bertz CT molecular complexity index is 470. The molecule has 0 saturated heterocycles. The average Bonchev–Trinajstić information content (AvgIpc) is 2.74. The molecule has 2 N–H and O–H groups in total. The number of aromatic nitrogens is 4. The lowest BCUT2D eigenvalue weighted by atomic mass is 10.4. The molecule has 0 fully saturated rings. The number of nitrogens with zero attached hydrogens (tertiary/aromatic N) is 3. The number of anilines is 1. The van der Waals surface area contributed by atoms with Crippen LogP contribution in [0, 0.1) is 0 Å². The van der Waals surface area contributed by atoms with Gasteiger partial charge in [0.2, 0.25) is 5.82 Å². The summed E-state index contributed by atoms with van der Waals surface area (Å²) in [5, 5.41) is 8.85. The summed E-state index contributed by atoms with van der Waals surface area (Å²) in [6.45, 7) is 0. The second-order valence-electron chi connectivity index (χ2n) is 2.62. The van der Waals surface area contributed by atoms with E-state index in [0.29, 0.717) is 10.8 Å². The molecule has 0 aliphatic heterocycles. The lowest BCUT2D eigenvalue weighted by molar-refractivity contribution is 0.101. The van der Waals surface area contributed by atoms with E-state index < -0.39 is 5.91 Å². The second kappa shape index (κ2) is 4.05. The SMILES string of the molecule is O=C(Nc1ncccc1Cl)c1ncn[nH]1. The molecule has 15 heavy (non-hydrogen) atoms. The van der Waals surface area contributed by atoms with Crippen LogP contribution in [0.3, 0.4) is 0 Å². The molecule has 2 heterocycles. The van der Waals surface area contributed by atoms with Gasteiger partial charge in [0, 0.05) is 6.20 Å². The Balaban J connectivity index is 2.17. The van der Waals surface area contributed by atoms with Crippen LogP contribution in [0.25, 0.3) is 0 Å². The molecule has 2 aromatic heterocycles. The Morgan fingerprint density at radius 3 is 3.00 bits per heavy atom. The Morgan fingerprint density at radius 2 is 2.33 bits per heavy atom. The van der Waals surface area contributed by atoms with Crippen molar-refractivity contribution < 1.29 is 4.79 Å².